The highest BCUT2D eigenvalue weighted by molar-refractivity contribution is 5.87. The Morgan fingerprint density at radius 1 is 0.579 bits per heavy atom. The Balaban J connectivity index is 2.75. The van der Waals surface area contributed by atoms with E-state index in [2.05, 4.69) is 30.4 Å². The number of esters is 4. The molecule has 0 saturated carbocycles. The molecule has 0 aromatic heterocycles. The van der Waals surface area contributed by atoms with Crippen LogP contribution >= 0.6 is 0 Å². The van der Waals surface area contributed by atoms with Crippen LogP contribution in [0.15, 0.2) is 60.7 Å². The minimum absolute atomic E-state index is 0.168. The van der Waals surface area contributed by atoms with Gasteiger partial charge in [0.25, 0.3) is 0 Å². The lowest BCUT2D eigenvalue weighted by atomic mass is 9.97. The lowest BCUT2D eigenvalue weighted by Gasteiger charge is -2.22. The zero-order valence-electron chi connectivity index (χ0n) is 34.2. The summed E-state index contributed by atoms with van der Waals surface area (Å²) in [6.45, 7) is 20.5. The van der Waals surface area contributed by atoms with Gasteiger partial charge in [-0.25, -0.2) is 24.0 Å². The van der Waals surface area contributed by atoms with E-state index in [9.17, 15) is 28.8 Å². The van der Waals surface area contributed by atoms with Crippen molar-refractivity contribution in [1.82, 2.24) is 10.6 Å². The molecule has 16 heteroatoms. The van der Waals surface area contributed by atoms with Crippen LogP contribution < -0.4 is 20.1 Å². The van der Waals surface area contributed by atoms with Gasteiger partial charge >= 0.3 is 36.1 Å². The summed E-state index contributed by atoms with van der Waals surface area (Å²) in [4.78, 5) is 72.6. The number of amides is 2. The molecular weight excluding hydrogens is 744 g/mol. The van der Waals surface area contributed by atoms with E-state index in [0.29, 0.717) is 74.3 Å². The summed E-state index contributed by atoms with van der Waals surface area (Å²) < 4.78 is 43.4. The number of carbonyl (C=O) groups is 6. The van der Waals surface area contributed by atoms with Crippen molar-refractivity contribution in [3.05, 3.63) is 60.7 Å². The molecule has 0 aliphatic carbocycles. The Kier molecular flexibility index (Phi) is 23.5. The number of alkyl carbamates (subject to hydrolysis) is 2. The maximum Gasteiger partial charge on any atom is 0.407 e. The maximum atomic E-state index is 12.6. The van der Waals surface area contributed by atoms with Crippen LogP contribution in [0.25, 0.3) is 0 Å². The van der Waals surface area contributed by atoms with Gasteiger partial charge < -0.3 is 48.5 Å². The Morgan fingerprint density at radius 3 is 1.39 bits per heavy atom. The number of benzene rings is 1. The minimum atomic E-state index is -0.993. The van der Waals surface area contributed by atoms with Crippen molar-refractivity contribution in [1.29, 1.82) is 0 Å². The van der Waals surface area contributed by atoms with Crippen LogP contribution in [-0.2, 0) is 47.6 Å². The average Bonchev–Trinajstić information content (AvgIpc) is 3.15. The molecule has 1 aromatic rings. The summed E-state index contributed by atoms with van der Waals surface area (Å²) in [6, 6.07) is 6.47. The first-order chi connectivity index (χ1) is 26.9. The lowest BCUT2D eigenvalue weighted by Crippen LogP contribution is -2.37. The first-order valence-corrected chi connectivity index (χ1v) is 18.8. The van der Waals surface area contributed by atoms with Crippen molar-refractivity contribution in [2.24, 2.45) is 5.41 Å². The summed E-state index contributed by atoms with van der Waals surface area (Å²) >= 11 is 0. The van der Waals surface area contributed by atoms with Crippen molar-refractivity contribution >= 4 is 36.1 Å². The van der Waals surface area contributed by atoms with Crippen LogP contribution in [-0.4, -0.2) is 101 Å². The van der Waals surface area contributed by atoms with E-state index in [1.165, 1.54) is 6.92 Å². The Morgan fingerprint density at radius 2 is 0.982 bits per heavy atom. The fraction of sp³-hybridized carbons (Fsp3) is 0.561. The van der Waals surface area contributed by atoms with Gasteiger partial charge in [-0.15, -0.1) is 0 Å². The summed E-state index contributed by atoms with van der Waals surface area (Å²) in [7, 11) is 0. The largest absolute Gasteiger partial charge is 0.489 e. The van der Waals surface area contributed by atoms with Gasteiger partial charge in [-0.1, -0.05) is 25.8 Å². The molecule has 318 valence electrons. The highest BCUT2D eigenvalue weighted by Gasteiger charge is 2.26. The Labute approximate surface area is 335 Å². The van der Waals surface area contributed by atoms with Gasteiger partial charge in [0.1, 0.15) is 37.9 Å². The third kappa shape index (κ3) is 23.9. The van der Waals surface area contributed by atoms with Crippen molar-refractivity contribution in [3.8, 4) is 11.5 Å². The molecule has 0 spiro atoms. The molecule has 2 atom stereocenters. The normalized spacial score (nSPS) is 11.8. The standard InChI is InChI=1S/C41H60N2O14/c1-28(2)35(44)50-21-14-10-12-19-42-39(48)56-33(26-54-37(46)30(5)6)24-52-31-17-16-18-32(23-31)53-25-34(27-55-38(47)41(7,8)9)57-40(49)43-20-13-11-15-22-51-36(45)29(3)4/h16-18,23,33-34H,1,3,5,10-15,19-22,24-27H2,2,4,6-9H3,(H,42,48)(H,43,49). The van der Waals surface area contributed by atoms with E-state index in [-0.39, 0.29) is 45.2 Å². The van der Waals surface area contributed by atoms with Gasteiger partial charge in [0.05, 0.1) is 18.6 Å². The van der Waals surface area contributed by atoms with E-state index in [0.717, 1.165) is 0 Å². The molecule has 1 rings (SSSR count). The van der Waals surface area contributed by atoms with E-state index >= 15 is 0 Å². The van der Waals surface area contributed by atoms with Crippen LogP contribution in [0.5, 0.6) is 11.5 Å². The Bertz CT molecular complexity index is 1520. The number of rotatable bonds is 27. The molecule has 2 N–H and O–H groups in total. The lowest BCUT2D eigenvalue weighted by molar-refractivity contribution is -0.156. The van der Waals surface area contributed by atoms with Crippen LogP contribution in [0.2, 0.25) is 0 Å². The van der Waals surface area contributed by atoms with Crippen LogP contribution in [0, 0.1) is 5.41 Å². The molecule has 0 heterocycles. The van der Waals surface area contributed by atoms with Gasteiger partial charge in [0, 0.05) is 35.9 Å². The summed E-state index contributed by atoms with van der Waals surface area (Å²) in [5.41, 5.74) is 0.0341. The van der Waals surface area contributed by atoms with Crippen molar-refractivity contribution in [3.63, 3.8) is 0 Å². The van der Waals surface area contributed by atoms with Crippen molar-refractivity contribution in [2.45, 2.75) is 92.3 Å². The van der Waals surface area contributed by atoms with Gasteiger partial charge in [-0.3, -0.25) is 4.79 Å². The molecule has 0 aliphatic rings. The second-order valence-electron chi connectivity index (χ2n) is 14.2. The summed E-state index contributed by atoms with van der Waals surface area (Å²) in [5.74, 6) is -1.40. The maximum absolute atomic E-state index is 12.6. The molecular formula is C41H60N2O14. The zero-order valence-corrected chi connectivity index (χ0v) is 34.2. The third-order valence-corrected chi connectivity index (χ3v) is 7.33. The van der Waals surface area contributed by atoms with E-state index < -0.39 is 53.7 Å². The first-order valence-electron chi connectivity index (χ1n) is 18.8. The molecule has 57 heavy (non-hydrogen) atoms. The quantitative estimate of drug-likeness (QED) is 0.0459. The molecule has 0 fully saturated rings. The first kappa shape index (κ1) is 49.5. The SMILES string of the molecule is C=C(C)C(=O)OCCCCCNC(=O)OC(COC(=O)C(=C)C)COc1cccc(OCC(COC(=O)C(C)(C)C)OC(=O)NCCCCCOC(=O)C(=C)C)c1. The third-order valence-electron chi connectivity index (χ3n) is 7.33. The number of unbranched alkanes of at least 4 members (excludes halogenated alkanes) is 4. The van der Waals surface area contributed by atoms with Gasteiger partial charge in [0.15, 0.2) is 12.2 Å². The van der Waals surface area contributed by atoms with Crippen LogP contribution in [0.3, 0.4) is 0 Å². The smallest absolute Gasteiger partial charge is 0.407 e. The predicted octanol–water partition coefficient (Wildman–Crippen LogP) is 5.92. The fourth-order valence-electron chi connectivity index (χ4n) is 4.09. The van der Waals surface area contributed by atoms with Gasteiger partial charge in [-0.05, 0) is 92.2 Å². The van der Waals surface area contributed by atoms with E-state index in [1.807, 2.05) is 0 Å². The highest BCUT2D eigenvalue weighted by Crippen LogP contribution is 2.21. The number of hydrogen-bond acceptors (Lipinski definition) is 14. The zero-order chi connectivity index (χ0) is 42.8. The predicted molar refractivity (Wildman–Crippen MR) is 209 cm³/mol. The van der Waals surface area contributed by atoms with Gasteiger partial charge in [0.2, 0.25) is 0 Å². The minimum Gasteiger partial charge on any atom is -0.489 e. The van der Waals surface area contributed by atoms with Crippen LogP contribution in [0.1, 0.15) is 80.1 Å². The number of carbonyl (C=O) groups excluding carboxylic acids is 6. The fourth-order valence-corrected chi connectivity index (χ4v) is 4.09. The number of ether oxygens (including phenoxy) is 8. The van der Waals surface area contributed by atoms with E-state index in [1.54, 1.807) is 58.9 Å². The molecule has 16 nitrogen and oxygen atoms in total. The number of hydrogen-bond donors (Lipinski definition) is 2. The van der Waals surface area contributed by atoms with Gasteiger partial charge in [-0.2, -0.15) is 0 Å². The molecule has 2 amide bonds. The molecule has 0 radical (unpaired) electrons. The Hall–Kier alpha value is -5.54. The highest BCUT2D eigenvalue weighted by atomic mass is 16.6. The topological polar surface area (TPSA) is 200 Å². The average molecular weight is 805 g/mol. The van der Waals surface area contributed by atoms with Crippen molar-refractivity contribution < 1.29 is 66.7 Å². The summed E-state index contributed by atoms with van der Waals surface area (Å²) in [6.07, 6.45) is 0.372. The molecule has 1 aromatic carbocycles. The monoisotopic (exact) mass is 804 g/mol. The number of nitrogens with one attached hydrogen (secondary N) is 2. The molecule has 0 aliphatic heterocycles. The van der Waals surface area contributed by atoms with Crippen LogP contribution in [0.4, 0.5) is 9.59 Å². The van der Waals surface area contributed by atoms with E-state index in [4.69, 9.17) is 37.9 Å². The summed E-state index contributed by atoms with van der Waals surface area (Å²) in [5, 5.41) is 5.29. The molecule has 0 bridgehead atoms. The molecule has 2 unspecified atom stereocenters. The molecule has 0 saturated heterocycles. The second-order valence-corrected chi connectivity index (χ2v) is 14.2. The second kappa shape index (κ2) is 27.1. The van der Waals surface area contributed by atoms with Crippen molar-refractivity contribution in [2.75, 3.05) is 52.7 Å².